The maximum atomic E-state index is 12.9. The van der Waals surface area contributed by atoms with E-state index in [2.05, 4.69) is 15.2 Å². The van der Waals surface area contributed by atoms with Crippen LogP contribution in [0.25, 0.3) is 10.9 Å². The zero-order valence-corrected chi connectivity index (χ0v) is 13.4. The minimum Gasteiger partial charge on any atom is -0.383 e. The Labute approximate surface area is 133 Å². The molecule has 0 aliphatic rings. The van der Waals surface area contributed by atoms with Gasteiger partial charge >= 0.3 is 0 Å². The third kappa shape index (κ3) is 2.75. The van der Waals surface area contributed by atoms with Crippen LogP contribution in [0.4, 0.5) is 0 Å². The van der Waals surface area contributed by atoms with Crippen LogP contribution in [0.2, 0.25) is 0 Å². The Kier molecular flexibility index (Phi) is 4.20. The summed E-state index contributed by atoms with van der Waals surface area (Å²) in [6.45, 7) is 5.03. The normalized spacial score (nSPS) is 12.7. The molecule has 3 aromatic rings. The van der Waals surface area contributed by atoms with Gasteiger partial charge in [0.1, 0.15) is 6.33 Å². The summed E-state index contributed by atoms with van der Waals surface area (Å²) >= 11 is 0. The fourth-order valence-electron chi connectivity index (χ4n) is 2.69. The average Bonchev–Trinajstić information content (AvgIpc) is 3.01. The molecule has 0 N–H and O–H groups in total. The number of aryl methyl sites for hydroxylation is 1. The number of hydrogen-bond donors (Lipinski definition) is 0. The second kappa shape index (κ2) is 6.29. The van der Waals surface area contributed by atoms with Crippen molar-refractivity contribution in [3.63, 3.8) is 0 Å². The van der Waals surface area contributed by atoms with E-state index >= 15 is 0 Å². The summed E-state index contributed by atoms with van der Waals surface area (Å²) in [6, 6.07) is 5.40. The lowest BCUT2D eigenvalue weighted by molar-refractivity contribution is 0.185. The van der Waals surface area contributed by atoms with Crippen LogP contribution in [-0.2, 0) is 11.3 Å². The predicted octanol–water partition coefficient (Wildman–Crippen LogP) is 1.55. The molecule has 0 spiro atoms. The molecule has 1 atom stereocenters. The van der Waals surface area contributed by atoms with Crippen LogP contribution in [0, 0.1) is 6.92 Å². The van der Waals surface area contributed by atoms with E-state index in [1.807, 2.05) is 36.6 Å². The Morgan fingerprint density at radius 2 is 2.13 bits per heavy atom. The summed E-state index contributed by atoms with van der Waals surface area (Å²) in [5, 5.41) is 8.76. The smallest absolute Gasteiger partial charge is 0.262 e. The monoisotopic (exact) mass is 313 g/mol. The van der Waals surface area contributed by atoms with Gasteiger partial charge in [-0.05, 0) is 25.5 Å². The molecule has 3 rings (SSSR count). The standard InChI is InChI=1S/C16H19N5O2/c1-11-5-4-6-13-14(11)16(22)21(9-17-13)12(2)15-19-18-10-20(15)7-8-23-3/h4-6,9-10,12H,7-8H2,1-3H3/t12-/m1/s1. The summed E-state index contributed by atoms with van der Waals surface area (Å²) in [5.74, 6) is 0.707. The lowest BCUT2D eigenvalue weighted by atomic mass is 10.1. The second-order valence-electron chi connectivity index (χ2n) is 5.48. The first-order chi connectivity index (χ1) is 11.1. The zero-order chi connectivity index (χ0) is 16.4. The molecule has 23 heavy (non-hydrogen) atoms. The van der Waals surface area contributed by atoms with Gasteiger partial charge in [-0.1, -0.05) is 12.1 Å². The number of nitrogens with zero attached hydrogens (tertiary/aromatic N) is 5. The van der Waals surface area contributed by atoms with Gasteiger partial charge in [0.15, 0.2) is 5.82 Å². The van der Waals surface area contributed by atoms with E-state index in [-0.39, 0.29) is 11.6 Å². The van der Waals surface area contributed by atoms with Gasteiger partial charge in [-0.25, -0.2) is 4.98 Å². The van der Waals surface area contributed by atoms with Gasteiger partial charge in [0.25, 0.3) is 5.56 Å². The molecule has 0 saturated carbocycles. The number of benzene rings is 1. The largest absolute Gasteiger partial charge is 0.383 e. The molecule has 7 heteroatoms. The highest BCUT2D eigenvalue weighted by Gasteiger charge is 2.18. The van der Waals surface area contributed by atoms with Gasteiger partial charge in [0.2, 0.25) is 0 Å². The van der Waals surface area contributed by atoms with Gasteiger partial charge in [-0.3, -0.25) is 9.36 Å². The van der Waals surface area contributed by atoms with E-state index < -0.39 is 0 Å². The number of ether oxygens (including phenoxy) is 1. The lowest BCUT2D eigenvalue weighted by Crippen LogP contribution is -2.27. The Morgan fingerprint density at radius 1 is 1.30 bits per heavy atom. The first kappa shape index (κ1) is 15.4. The molecular weight excluding hydrogens is 294 g/mol. The Balaban J connectivity index is 2.07. The third-order valence-corrected chi connectivity index (χ3v) is 3.99. The highest BCUT2D eigenvalue weighted by molar-refractivity contribution is 5.80. The van der Waals surface area contributed by atoms with Crippen molar-refractivity contribution < 1.29 is 4.74 Å². The molecular formula is C16H19N5O2. The Hall–Kier alpha value is -2.54. The third-order valence-electron chi connectivity index (χ3n) is 3.99. The van der Waals surface area contributed by atoms with E-state index in [9.17, 15) is 4.79 Å². The van der Waals surface area contributed by atoms with Crippen molar-refractivity contribution in [3.8, 4) is 0 Å². The van der Waals surface area contributed by atoms with Crippen molar-refractivity contribution in [1.29, 1.82) is 0 Å². The lowest BCUT2D eigenvalue weighted by Gasteiger charge is -2.16. The molecule has 0 aliphatic carbocycles. The van der Waals surface area contributed by atoms with Crippen LogP contribution >= 0.6 is 0 Å². The van der Waals surface area contributed by atoms with Crippen LogP contribution in [0.3, 0.4) is 0 Å². The first-order valence-corrected chi connectivity index (χ1v) is 7.46. The fourth-order valence-corrected chi connectivity index (χ4v) is 2.69. The van der Waals surface area contributed by atoms with Crippen molar-refractivity contribution in [1.82, 2.24) is 24.3 Å². The second-order valence-corrected chi connectivity index (χ2v) is 5.48. The fraction of sp³-hybridized carbons (Fsp3) is 0.375. The summed E-state index contributed by atoms with van der Waals surface area (Å²) in [6.07, 6.45) is 3.22. The number of fused-ring (bicyclic) bond motifs is 1. The molecule has 0 bridgehead atoms. The van der Waals surface area contributed by atoms with Crippen LogP contribution in [-0.4, -0.2) is 38.0 Å². The quantitative estimate of drug-likeness (QED) is 0.714. The van der Waals surface area contributed by atoms with Gasteiger partial charge in [0.05, 0.1) is 29.9 Å². The van der Waals surface area contributed by atoms with Crippen LogP contribution in [0.5, 0.6) is 0 Å². The molecule has 0 aliphatic heterocycles. The molecule has 2 heterocycles. The van der Waals surface area contributed by atoms with E-state index in [0.717, 1.165) is 5.56 Å². The van der Waals surface area contributed by atoms with Gasteiger partial charge in [-0.15, -0.1) is 10.2 Å². The van der Waals surface area contributed by atoms with Gasteiger partial charge in [0, 0.05) is 13.7 Å². The highest BCUT2D eigenvalue weighted by Crippen LogP contribution is 2.16. The number of hydrogen-bond acceptors (Lipinski definition) is 5. The average molecular weight is 313 g/mol. The molecule has 2 aromatic heterocycles. The molecule has 1 aromatic carbocycles. The summed E-state index contributed by atoms with van der Waals surface area (Å²) in [4.78, 5) is 17.3. The molecule has 0 saturated heterocycles. The predicted molar refractivity (Wildman–Crippen MR) is 86.5 cm³/mol. The van der Waals surface area contributed by atoms with Crippen molar-refractivity contribution in [3.05, 3.63) is 52.6 Å². The topological polar surface area (TPSA) is 74.8 Å². The van der Waals surface area contributed by atoms with Crippen molar-refractivity contribution in [2.75, 3.05) is 13.7 Å². The number of aromatic nitrogens is 5. The summed E-state index contributed by atoms with van der Waals surface area (Å²) in [5.41, 5.74) is 1.56. The van der Waals surface area contributed by atoms with Crippen LogP contribution in [0.1, 0.15) is 24.4 Å². The van der Waals surface area contributed by atoms with E-state index in [0.29, 0.717) is 29.9 Å². The van der Waals surface area contributed by atoms with Crippen molar-refractivity contribution >= 4 is 10.9 Å². The van der Waals surface area contributed by atoms with Crippen LogP contribution < -0.4 is 5.56 Å². The Bertz CT molecular complexity index is 884. The zero-order valence-electron chi connectivity index (χ0n) is 13.4. The summed E-state index contributed by atoms with van der Waals surface area (Å²) < 4.78 is 8.59. The van der Waals surface area contributed by atoms with Crippen molar-refractivity contribution in [2.24, 2.45) is 0 Å². The molecule has 7 nitrogen and oxygen atoms in total. The van der Waals surface area contributed by atoms with Gasteiger partial charge < -0.3 is 9.30 Å². The minimum atomic E-state index is -0.265. The molecule has 0 radical (unpaired) electrons. The van der Waals surface area contributed by atoms with Crippen LogP contribution in [0.15, 0.2) is 35.6 Å². The maximum Gasteiger partial charge on any atom is 0.262 e. The summed E-state index contributed by atoms with van der Waals surface area (Å²) in [7, 11) is 1.65. The molecule has 0 unspecified atom stereocenters. The highest BCUT2D eigenvalue weighted by atomic mass is 16.5. The molecule has 0 amide bonds. The SMILES string of the molecule is COCCn1cnnc1[C@@H](C)n1cnc2cccc(C)c2c1=O. The minimum absolute atomic E-state index is 0.0677. The van der Waals surface area contributed by atoms with E-state index in [1.165, 1.54) is 0 Å². The molecule has 0 fully saturated rings. The number of methoxy groups -OCH3 is 1. The molecule has 120 valence electrons. The first-order valence-electron chi connectivity index (χ1n) is 7.46. The van der Waals surface area contributed by atoms with E-state index in [4.69, 9.17) is 4.74 Å². The number of rotatable bonds is 5. The van der Waals surface area contributed by atoms with Gasteiger partial charge in [-0.2, -0.15) is 0 Å². The van der Waals surface area contributed by atoms with E-state index in [1.54, 1.807) is 24.3 Å². The Morgan fingerprint density at radius 3 is 2.91 bits per heavy atom. The van der Waals surface area contributed by atoms with Crippen molar-refractivity contribution in [2.45, 2.75) is 26.4 Å². The maximum absolute atomic E-state index is 12.9.